The van der Waals surface area contributed by atoms with Gasteiger partial charge in [-0.25, -0.2) is 0 Å². The fourth-order valence-electron chi connectivity index (χ4n) is 1.51. The molecule has 0 spiro atoms. The van der Waals surface area contributed by atoms with Gasteiger partial charge < -0.3 is 4.74 Å². The fraction of sp³-hybridized carbons (Fsp3) is 0.429. The lowest BCUT2D eigenvalue weighted by Crippen LogP contribution is -2.20. The Labute approximate surface area is 121 Å². The average Bonchev–Trinajstić information content (AvgIpc) is 2.48. The van der Waals surface area contributed by atoms with E-state index in [0.29, 0.717) is 12.1 Å². The molecule has 0 aliphatic carbocycles. The second-order valence-corrected chi connectivity index (χ2v) is 4.06. The van der Waals surface area contributed by atoms with Crippen LogP contribution in [-0.4, -0.2) is 23.5 Å². The Morgan fingerprint density at radius 2 is 2.00 bits per heavy atom. The average molecular weight is 301 g/mol. The number of alkyl halides is 3. The molecule has 0 saturated carbocycles. The van der Waals surface area contributed by atoms with E-state index in [-0.39, 0.29) is 5.75 Å². The van der Waals surface area contributed by atoms with Crippen molar-refractivity contribution in [2.45, 2.75) is 32.9 Å². The molecule has 2 heterocycles. The zero-order valence-electron chi connectivity index (χ0n) is 12.0. The van der Waals surface area contributed by atoms with Crippen LogP contribution < -0.4 is 10.2 Å². The zero-order valence-corrected chi connectivity index (χ0v) is 12.0. The number of nitrogens with zero attached hydrogens (tertiary/aromatic N) is 2. The summed E-state index contributed by atoms with van der Waals surface area (Å²) in [4.78, 5) is 4.04. The van der Waals surface area contributed by atoms with Crippen molar-refractivity contribution >= 4 is 5.71 Å². The van der Waals surface area contributed by atoms with Crippen LogP contribution in [0.5, 0.6) is 5.75 Å². The summed E-state index contributed by atoms with van der Waals surface area (Å²) in [6, 6.07) is 3.03. The topological polar surface area (TPSA) is 46.5 Å². The summed E-state index contributed by atoms with van der Waals surface area (Å²) >= 11 is 0. The second kappa shape index (κ2) is 7.66. The Morgan fingerprint density at radius 3 is 2.48 bits per heavy atom. The Balaban J connectivity index is 0.00000106. The number of allylic oxidation sites excluding steroid dienone is 1. The van der Waals surface area contributed by atoms with E-state index >= 15 is 0 Å². The highest BCUT2D eigenvalue weighted by molar-refractivity contribution is 5.99. The van der Waals surface area contributed by atoms with Crippen LogP contribution in [0.2, 0.25) is 0 Å². The van der Waals surface area contributed by atoms with Gasteiger partial charge in [-0.15, -0.1) is 0 Å². The molecule has 1 aromatic rings. The Morgan fingerprint density at radius 1 is 1.29 bits per heavy atom. The Bertz CT molecular complexity index is 495. The minimum atomic E-state index is -4.35. The van der Waals surface area contributed by atoms with Crippen molar-refractivity contribution in [3.8, 4) is 5.75 Å². The first-order valence-electron chi connectivity index (χ1n) is 6.60. The summed E-state index contributed by atoms with van der Waals surface area (Å²) in [6.45, 7) is 6.42. The van der Waals surface area contributed by atoms with Crippen LogP contribution in [-0.2, 0) is 0 Å². The zero-order chi connectivity index (χ0) is 15.9. The minimum Gasteiger partial charge on any atom is -0.483 e. The van der Waals surface area contributed by atoms with Crippen molar-refractivity contribution in [1.82, 2.24) is 10.4 Å². The molecule has 2 rings (SSSR count). The quantitative estimate of drug-likeness (QED) is 0.927. The third kappa shape index (κ3) is 5.85. The first-order valence-corrected chi connectivity index (χ1v) is 6.60. The molecule has 0 amide bonds. The third-order valence-electron chi connectivity index (χ3n) is 2.45. The molecule has 0 atom stereocenters. The van der Waals surface area contributed by atoms with Crippen molar-refractivity contribution in [3.05, 3.63) is 36.3 Å². The van der Waals surface area contributed by atoms with Gasteiger partial charge in [0.15, 0.2) is 6.61 Å². The lowest BCUT2D eigenvalue weighted by Gasteiger charge is -2.14. The summed E-state index contributed by atoms with van der Waals surface area (Å²) in [7, 11) is 0. The molecule has 1 aromatic heterocycles. The normalized spacial score (nSPS) is 14.5. The van der Waals surface area contributed by atoms with Crippen LogP contribution in [0.25, 0.3) is 0 Å². The molecule has 0 unspecified atom stereocenters. The predicted molar refractivity (Wildman–Crippen MR) is 75.2 cm³/mol. The van der Waals surface area contributed by atoms with Gasteiger partial charge in [0.25, 0.3) is 0 Å². The molecule has 21 heavy (non-hydrogen) atoms. The highest BCUT2D eigenvalue weighted by Crippen LogP contribution is 2.19. The Hall–Kier alpha value is -2.05. The number of rotatable bonds is 3. The van der Waals surface area contributed by atoms with Crippen LogP contribution in [0.4, 0.5) is 13.2 Å². The number of aromatic nitrogens is 1. The largest absolute Gasteiger partial charge is 0.483 e. The van der Waals surface area contributed by atoms with Gasteiger partial charge in [-0.2, -0.15) is 18.3 Å². The first kappa shape index (κ1) is 17.0. The molecular formula is C14H18F3N3O. The lowest BCUT2D eigenvalue weighted by molar-refractivity contribution is -0.153. The minimum absolute atomic E-state index is 0.0786. The summed E-state index contributed by atoms with van der Waals surface area (Å²) in [5.41, 5.74) is 4.95. The molecule has 116 valence electrons. The number of hydrogen-bond acceptors (Lipinski definition) is 4. The number of halogens is 3. The van der Waals surface area contributed by atoms with Crippen LogP contribution >= 0.6 is 0 Å². The maximum absolute atomic E-state index is 12.0. The van der Waals surface area contributed by atoms with Gasteiger partial charge in [-0.3, -0.25) is 10.4 Å². The molecule has 0 saturated heterocycles. The molecule has 7 heteroatoms. The summed E-state index contributed by atoms with van der Waals surface area (Å²) < 4.78 is 40.5. The monoisotopic (exact) mass is 301 g/mol. The molecule has 1 aliphatic rings. The van der Waals surface area contributed by atoms with Gasteiger partial charge in [0.1, 0.15) is 5.75 Å². The van der Waals surface area contributed by atoms with Crippen molar-refractivity contribution in [3.63, 3.8) is 0 Å². The molecule has 0 radical (unpaired) electrons. The van der Waals surface area contributed by atoms with E-state index in [0.717, 1.165) is 17.8 Å². The number of hydrogen-bond donors (Lipinski definition) is 1. The van der Waals surface area contributed by atoms with Crippen molar-refractivity contribution in [2.75, 3.05) is 6.61 Å². The highest BCUT2D eigenvalue weighted by Gasteiger charge is 2.28. The second-order valence-electron chi connectivity index (χ2n) is 4.06. The van der Waals surface area contributed by atoms with Crippen molar-refractivity contribution < 1.29 is 17.9 Å². The molecule has 1 aliphatic heterocycles. The van der Waals surface area contributed by atoms with Crippen LogP contribution in [0, 0.1) is 0 Å². The number of pyridine rings is 1. The highest BCUT2D eigenvalue weighted by atomic mass is 19.4. The maximum Gasteiger partial charge on any atom is 0.422 e. The molecule has 0 fully saturated rings. The van der Waals surface area contributed by atoms with E-state index in [4.69, 9.17) is 0 Å². The summed E-state index contributed by atoms with van der Waals surface area (Å²) in [5, 5.41) is 4.08. The van der Waals surface area contributed by atoms with Gasteiger partial charge in [0.2, 0.25) is 0 Å². The van der Waals surface area contributed by atoms with Gasteiger partial charge in [0, 0.05) is 5.70 Å². The van der Waals surface area contributed by atoms with Gasteiger partial charge >= 0.3 is 6.18 Å². The summed E-state index contributed by atoms with van der Waals surface area (Å²) in [5.74, 6) is 0.0786. The van der Waals surface area contributed by atoms with Crippen LogP contribution in [0.15, 0.2) is 35.7 Å². The van der Waals surface area contributed by atoms with Gasteiger partial charge in [-0.05, 0) is 25.0 Å². The van der Waals surface area contributed by atoms with E-state index in [9.17, 15) is 13.2 Å². The molecule has 1 N–H and O–H groups in total. The number of hydrazone groups is 1. The molecule has 0 bridgehead atoms. The van der Waals surface area contributed by atoms with E-state index in [2.05, 4.69) is 26.8 Å². The van der Waals surface area contributed by atoms with Crippen LogP contribution in [0.1, 0.15) is 32.4 Å². The maximum atomic E-state index is 12.0. The standard InChI is InChI=1S/C12H12F3N3O.C2H6/c1-8-2-4-11(18-17-8)10-5-3-9(6-16-10)19-7-12(13,14)15;1-2/h3,5-6,17H,1-2,4,7H2;1-2H3. The van der Waals surface area contributed by atoms with Crippen molar-refractivity contribution in [2.24, 2.45) is 5.10 Å². The smallest absolute Gasteiger partial charge is 0.422 e. The summed E-state index contributed by atoms with van der Waals surface area (Å²) in [6.07, 6.45) is -1.64. The lowest BCUT2D eigenvalue weighted by atomic mass is 10.1. The molecule has 4 nitrogen and oxygen atoms in total. The number of nitrogens with one attached hydrogen (secondary N) is 1. The molecule has 0 aromatic carbocycles. The Kier molecular flexibility index (Phi) is 6.20. The van der Waals surface area contributed by atoms with E-state index in [1.165, 1.54) is 12.3 Å². The van der Waals surface area contributed by atoms with Gasteiger partial charge in [0.05, 0.1) is 17.6 Å². The van der Waals surface area contributed by atoms with E-state index < -0.39 is 12.8 Å². The van der Waals surface area contributed by atoms with Crippen LogP contribution in [0.3, 0.4) is 0 Å². The first-order chi connectivity index (χ1) is 9.94. The van der Waals surface area contributed by atoms with Gasteiger partial charge in [-0.1, -0.05) is 20.4 Å². The predicted octanol–water partition coefficient (Wildman–Crippen LogP) is 3.65. The number of ether oxygens (including phenoxy) is 1. The van der Waals surface area contributed by atoms with E-state index in [1.54, 1.807) is 6.07 Å². The fourth-order valence-corrected chi connectivity index (χ4v) is 1.51. The SMILES string of the molecule is C=C1CCC(c2ccc(OCC(F)(F)F)cn2)=NN1.CC. The third-order valence-corrected chi connectivity index (χ3v) is 2.45. The molecular weight excluding hydrogens is 283 g/mol. The van der Waals surface area contributed by atoms with E-state index in [1.807, 2.05) is 13.8 Å². The van der Waals surface area contributed by atoms with Crippen molar-refractivity contribution in [1.29, 1.82) is 0 Å².